The molecular weight excluding hydrogens is 1130 g/mol. The van der Waals surface area contributed by atoms with E-state index in [2.05, 4.69) is 161 Å². The molecule has 6 rings (SSSR count). The van der Waals surface area contributed by atoms with Crippen molar-refractivity contribution >= 4 is 45.0 Å². The first kappa shape index (κ1) is 73.5. The highest BCUT2D eigenvalue weighted by molar-refractivity contribution is 6.75. The Kier molecular flexibility index (Phi) is 25.3. The lowest BCUT2D eigenvalue weighted by Crippen LogP contribution is -2.67. The largest absolute Gasteiger partial charge is 0.458 e. The lowest BCUT2D eigenvalue weighted by Gasteiger charge is -2.53. The molecule has 9 unspecified atom stereocenters. The van der Waals surface area contributed by atoms with Crippen LogP contribution in [0.4, 0.5) is 0 Å². The summed E-state index contributed by atoms with van der Waals surface area (Å²) in [5.41, 5.74) is 1.73. The number of esters is 1. The normalized spacial score (nSPS) is 34.7. The van der Waals surface area contributed by atoms with E-state index in [1.807, 2.05) is 6.92 Å². The fourth-order valence-corrected chi connectivity index (χ4v) is 16.7. The molecule has 4 saturated heterocycles. The summed E-state index contributed by atoms with van der Waals surface area (Å²) in [4.78, 5) is 28.1. The molecule has 6 heterocycles. The van der Waals surface area contributed by atoms with Gasteiger partial charge in [0.15, 0.2) is 33.3 Å². The molecule has 0 aromatic heterocycles. The zero-order valence-corrected chi connectivity index (χ0v) is 61.1. The Morgan fingerprint density at radius 1 is 0.690 bits per heavy atom. The third-order valence-electron chi connectivity index (χ3n) is 21.3. The van der Waals surface area contributed by atoms with Crippen molar-refractivity contribution < 1.29 is 65.9 Å². The number of fused-ring (bicyclic) bond motifs is 15. The van der Waals surface area contributed by atoms with Crippen LogP contribution in [0.1, 0.15) is 180 Å². The fourth-order valence-electron chi connectivity index (χ4n) is 11.8. The molecule has 6 aliphatic rings. The summed E-state index contributed by atoms with van der Waals surface area (Å²) in [6.45, 7) is 57.5. The molecule has 6 aliphatic heterocycles. The van der Waals surface area contributed by atoms with Gasteiger partial charge in [-0.1, -0.05) is 115 Å². The van der Waals surface area contributed by atoms with E-state index in [1.165, 1.54) is 6.92 Å². The molecular formula is C66H122O14Si4. The number of aliphatic hydroxyl groups excluding tert-OH is 2. The van der Waals surface area contributed by atoms with Crippen LogP contribution in [0.25, 0.3) is 0 Å². The molecule has 0 aromatic rings. The van der Waals surface area contributed by atoms with E-state index in [0.29, 0.717) is 50.7 Å². The second-order valence-electron chi connectivity index (χ2n) is 32.2. The quantitative estimate of drug-likeness (QED) is 0.102. The summed E-state index contributed by atoms with van der Waals surface area (Å²) < 4.78 is 69.5. The minimum Gasteiger partial charge on any atom is -0.458 e. The average molecular weight is 1250 g/mol. The number of hydrogen-bond acceptors (Lipinski definition) is 14. The van der Waals surface area contributed by atoms with E-state index in [-0.39, 0.29) is 69.4 Å². The van der Waals surface area contributed by atoms with Crippen LogP contribution in [0.2, 0.25) is 72.5 Å². The summed E-state index contributed by atoms with van der Waals surface area (Å²) in [5, 5.41) is 24.1. The monoisotopic (exact) mass is 1250 g/mol. The topological polar surface area (TPSA) is 167 Å². The van der Waals surface area contributed by atoms with E-state index >= 15 is 0 Å². The molecule has 6 bridgehead atoms. The van der Waals surface area contributed by atoms with Crippen LogP contribution in [0, 0.1) is 11.8 Å². The van der Waals surface area contributed by atoms with Gasteiger partial charge in [-0.25, -0.2) is 0 Å². The Hall–Kier alpha value is -1.21. The molecule has 0 saturated carbocycles. The van der Waals surface area contributed by atoms with Gasteiger partial charge in [0.05, 0.1) is 67.6 Å². The molecule has 2 N–H and O–H groups in total. The molecule has 0 amide bonds. The summed E-state index contributed by atoms with van der Waals surface area (Å²) >= 11 is 0. The van der Waals surface area contributed by atoms with Crippen LogP contribution in [0.3, 0.4) is 0 Å². The second-order valence-corrected chi connectivity index (χ2v) is 51.3. The molecule has 84 heavy (non-hydrogen) atoms. The Labute approximate surface area is 514 Å². The van der Waals surface area contributed by atoms with E-state index in [1.54, 1.807) is 7.11 Å². The maximum absolute atomic E-state index is 15.0. The van der Waals surface area contributed by atoms with Crippen molar-refractivity contribution in [3.63, 3.8) is 0 Å². The Morgan fingerprint density at radius 2 is 1.29 bits per heavy atom. The first-order chi connectivity index (χ1) is 38.4. The van der Waals surface area contributed by atoms with Crippen molar-refractivity contribution in [2.75, 3.05) is 13.7 Å². The molecule has 14 nitrogen and oxygen atoms in total. The highest BCUT2D eigenvalue weighted by atomic mass is 28.4. The predicted molar refractivity (Wildman–Crippen MR) is 347 cm³/mol. The van der Waals surface area contributed by atoms with E-state index in [9.17, 15) is 19.8 Å². The van der Waals surface area contributed by atoms with Crippen molar-refractivity contribution in [3.05, 3.63) is 36.5 Å². The van der Waals surface area contributed by atoms with Gasteiger partial charge in [0, 0.05) is 45.6 Å². The molecule has 18 heteroatoms. The third kappa shape index (κ3) is 19.2. The van der Waals surface area contributed by atoms with Gasteiger partial charge in [0.1, 0.15) is 36.3 Å². The van der Waals surface area contributed by atoms with Gasteiger partial charge in [-0.3, -0.25) is 9.59 Å². The molecule has 0 radical (unpaired) electrons. The minimum atomic E-state index is -2.54. The van der Waals surface area contributed by atoms with Crippen molar-refractivity contribution in [1.82, 2.24) is 0 Å². The molecule has 0 aliphatic carbocycles. The average Bonchev–Trinajstić information content (AvgIpc) is 3.90. The first-order valence-corrected chi connectivity index (χ1v) is 43.9. The SMILES string of the molecule is C=C1CC2CCC/C=C/C(O[Si](C)(C)C(C)(C)C)[C@@H]3O[C@H]4CCC(CC(=O)CC5C(C[C@@H](OC(C)=O)C(=C)[C@H](C)C[C@H](O)CCC1O2)OC(CC(CO[Si](C)(C)C(C)(C)C)O[Si](C)(C)C(C)(C)C)[C@@H]5OC)O[C@@H]4[C@H](O)C3O[Si](C)(C)C(C)(C)C. The van der Waals surface area contributed by atoms with Gasteiger partial charge in [-0.15, -0.1) is 0 Å². The number of carbonyl (C=O) groups is 2. The van der Waals surface area contributed by atoms with Crippen LogP contribution in [-0.2, 0) is 55.7 Å². The standard InChI is InChI=1S/C66H122O14Si4/c1-42-35-46(68)31-33-52-43(2)36-48(74-52)29-27-26-28-30-54(79-83(22,23)65(11,12)13)61-62(80-84(24,25)66(14,15)16)58(70)60-53(77-61)34-32-49(75-60)37-47(69)38-51-56(40-55(44(42)3)73-45(4)67)76-57(59(51)71-17)39-50(78-82(20,21)64(8,9)10)41-72-81(18,19)63(5,6)7/h28,30,42,46,48-62,68,70H,2-3,26-27,29,31-41H2,1,4-25H3/b30-28+/t42-,46-,48?,49?,50?,51?,52?,53+,54?,55-,56?,57?,58+,59-,60+,61+,62?/m1/s1. The minimum absolute atomic E-state index is 0.0195. The number of hydrogen-bond donors (Lipinski definition) is 2. The number of ketones is 1. The molecule has 486 valence electrons. The van der Waals surface area contributed by atoms with Crippen LogP contribution in [0.15, 0.2) is 36.5 Å². The Morgan fingerprint density at radius 3 is 1.87 bits per heavy atom. The van der Waals surface area contributed by atoms with E-state index in [0.717, 1.165) is 31.3 Å². The zero-order chi connectivity index (χ0) is 63.5. The van der Waals surface area contributed by atoms with Gasteiger partial charge in [0.25, 0.3) is 0 Å². The van der Waals surface area contributed by atoms with Gasteiger partial charge >= 0.3 is 5.97 Å². The number of ether oxygens (including phenoxy) is 6. The highest BCUT2D eigenvalue weighted by Gasteiger charge is 2.56. The maximum atomic E-state index is 15.0. The van der Waals surface area contributed by atoms with Crippen LogP contribution in [0.5, 0.6) is 0 Å². The Balaban J connectivity index is 1.56. The number of aliphatic hydroxyl groups is 2. The van der Waals surface area contributed by atoms with E-state index in [4.69, 9.17) is 46.1 Å². The van der Waals surface area contributed by atoms with Crippen molar-refractivity contribution in [3.8, 4) is 0 Å². The lowest BCUT2D eigenvalue weighted by molar-refractivity contribution is -0.269. The molecule has 4 fully saturated rings. The number of allylic oxidation sites excluding steroid dienone is 1. The van der Waals surface area contributed by atoms with Gasteiger partial charge < -0.3 is 56.3 Å². The summed E-state index contributed by atoms with van der Waals surface area (Å²) in [7, 11) is -7.84. The highest BCUT2D eigenvalue weighted by Crippen LogP contribution is 2.47. The number of methoxy groups -OCH3 is 1. The fraction of sp³-hybridized carbons (Fsp3) is 0.879. The van der Waals surface area contributed by atoms with Gasteiger partial charge in [0.2, 0.25) is 0 Å². The smallest absolute Gasteiger partial charge is 0.303 e. The summed E-state index contributed by atoms with van der Waals surface area (Å²) in [5.74, 6) is -1.15. The zero-order valence-electron chi connectivity index (χ0n) is 57.1. The van der Waals surface area contributed by atoms with Crippen molar-refractivity contribution in [2.45, 2.75) is 344 Å². The van der Waals surface area contributed by atoms with Crippen molar-refractivity contribution in [1.29, 1.82) is 0 Å². The van der Waals surface area contributed by atoms with Gasteiger partial charge in [-0.05, 0) is 147 Å². The van der Waals surface area contributed by atoms with Gasteiger partial charge in [-0.2, -0.15) is 0 Å². The number of carbonyl (C=O) groups excluding carboxylic acids is 2. The maximum Gasteiger partial charge on any atom is 0.303 e. The molecule has 0 aromatic carbocycles. The Bertz CT molecular complexity index is 2210. The van der Waals surface area contributed by atoms with Crippen molar-refractivity contribution in [2.24, 2.45) is 11.8 Å². The predicted octanol–water partition coefficient (Wildman–Crippen LogP) is 14.5. The molecule has 17 atom stereocenters. The third-order valence-corrected chi connectivity index (χ3v) is 39.3. The summed E-state index contributed by atoms with van der Waals surface area (Å²) in [6.07, 6.45) is 3.22. The van der Waals surface area contributed by atoms with E-state index < -0.39 is 118 Å². The van der Waals surface area contributed by atoms with Crippen LogP contribution < -0.4 is 0 Å². The number of Topliss-reactive ketones (excluding diaryl/α,β-unsaturated/α-hetero) is 1. The second kappa shape index (κ2) is 29.0. The molecule has 0 spiro atoms. The summed E-state index contributed by atoms with van der Waals surface area (Å²) in [6, 6.07) is 0. The van der Waals surface area contributed by atoms with Crippen LogP contribution >= 0.6 is 0 Å². The van der Waals surface area contributed by atoms with Crippen LogP contribution in [-0.4, -0.2) is 161 Å². The lowest BCUT2D eigenvalue weighted by atomic mass is 9.82. The number of rotatable bonds is 13. The first-order valence-electron chi connectivity index (χ1n) is 32.3.